The van der Waals surface area contributed by atoms with E-state index >= 15 is 0 Å². The van der Waals surface area contributed by atoms with Crippen LogP contribution < -0.4 is 20.3 Å². The van der Waals surface area contributed by atoms with Crippen molar-refractivity contribution in [2.24, 2.45) is 0 Å². The highest BCUT2D eigenvalue weighted by atomic mass is 16.5. The van der Waals surface area contributed by atoms with Gasteiger partial charge in [0, 0.05) is 51.9 Å². The van der Waals surface area contributed by atoms with Crippen molar-refractivity contribution in [3.63, 3.8) is 0 Å². The summed E-state index contributed by atoms with van der Waals surface area (Å²) in [5.41, 5.74) is 0.608. The van der Waals surface area contributed by atoms with Gasteiger partial charge in [-0.1, -0.05) is 32.0 Å². The number of carbonyl (C=O) groups excluding carboxylic acids is 2. The number of likely N-dealkylation sites (N-methyl/N-ethyl adjacent to an activating group) is 1. The van der Waals surface area contributed by atoms with Crippen LogP contribution in [0.3, 0.4) is 0 Å². The molecule has 2 aromatic rings. The molecule has 0 aliphatic carbocycles. The molecular formula is C25H36N6O3. The number of pyridine rings is 1. The average Bonchev–Trinajstić information content (AvgIpc) is 2.88. The van der Waals surface area contributed by atoms with Crippen LogP contribution in [0.4, 0.5) is 16.3 Å². The zero-order chi connectivity index (χ0) is 24.2. The average molecular weight is 469 g/mol. The molecule has 3 amide bonds. The van der Waals surface area contributed by atoms with E-state index in [0.29, 0.717) is 31.1 Å². The molecule has 1 aliphatic heterocycles. The smallest absolute Gasteiger partial charge is 0.319 e. The zero-order valence-corrected chi connectivity index (χ0v) is 20.2. The number of rotatable bonds is 11. The predicted octanol–water partition coefficient (Wildman–Crippen LogP) is 2.66. The maximum absolute atomic E-state index is 12.6. The van der Waals surface area contributed by atoms with Gasteiger partial charge in [0.05, 0.1) is 5.69 Å². The van der Waals surface area contributed by atoms with Gasteiger partial charge in [0.25, 0.3) is 0 Å². The van der Waals surface area contributed by atoms with Gasteiger partial charge in [-0.15, -0.1) is 0 Å². The molecule has 9 nitrogen and oxygen atoms in total. The lowest BCUT2D eigenvalue weighted by atomic mass is 10.2. The summed E-state index contributed by atoms with van der Waals surface area (Å²) in [6.07, 6.45) is 2.04. The van der Waals surface area contributed by atoms with E-state index in [-0.39, 0.29) is 24.9 Å². The molecule has 1 aromatic carbocycles. The molecule has 3 rings (SSSR count). The van der Waals surface area contributed by atoms with Crippen molar-refractivity contribution in [3.8, 4) is 5.75 Å². The van der Waals surface area contributed by atoms with Gasteiger partial charge in [-0.3, -0.25) is 4.79 Å². The summed E-state index contributed by atoms with van der Waals surface area (Å²) >= 11 is 0. The SMILES string of the molecule is CCN(CC)CCOc1ccccc1NC(=O)NCCC(=O)N1CCN(c2ccccn2)CC1. The number of urea groups is 1. The Hall–Kier alpha value is -3.33. The number of benzene rings is 1. The van der Waals surface area contributed by atoms with Crippen LogP contribution in [0.2, 0.25) is 0 Å². The lowest BCUT2D eigenvalue weighted by Crippen LogP contribution is -2.49. The second-order valence-electron chi connectivity index (χ2n) is 8.06. The van der Waals surface area contributed by atoms with Gasteiger partial charge in [0.1, 0.15) is 18.2 Å². The Bertz CT molecular complexity index is 899. The highest BCUT2D eigenvalue weighted by molar-refractivity contribution is 5.91. The third-order valence-corrected chi connectivity index (χ3v) is 5.92. The van der Waals surface area contributed by atoms with Crippen LogP contribution >= 0.6 is 0 Å². The molecule has 0 spiro atoms. The van der Waals surface area contributed by atoms with Gasteiger partial charge in [0.15, 0.2) is 0 Å². The van der Waals surface area contributed by atoms with Crippen LogP contribution in [-0.4, -0.2) is 85.7 Å². The van der Waals surface area contributed by atoms with Crippen molar-refractivity contribution in [2.45, 2.75) is 20.3 Å². The molecule has 0 atom stereocenters. The van der Waals surface area contributed by atoms with Crippen molar-refractivity contribution < 1.29 is 14.3 Å². The van der Waals surface area contributed by atoms with Crippen LogP contribution in [0.25, 0.3) is 0 Å². The second-order valence-corrected chi connectivity index (χ2v) is 8.06. The molecule has 0 unspecified atom stereocenters. The van der Waals surface area contributed by atoms with E-state index in [4.69, 9.17) is 4.74 Å². The zero-order valence-electron chi connectivity index (χ0n) is 20.2. The van der Waals surface area contributed by atoms with Crippen LogP contribution in [0.15, 0.2) is 48.7 Å². The minimum absolute atomic E-state index is 0.0427. The number of carbonyl (C=O) groups is 2. The molecule has 9 heteroatoms. The van der Waals surface area contributed by atoms with E-state index in [0.717, 1.165) is 38.5 Å². The minimum atomic E-state index is -0.354. The number of ether oxygens (including phenoxy) is 1. The van der Waals surface area contributed by atoms with E-state index < -0.39 is 0 Å². The first-order valence-corrected chi connectivity index (χ1v) is 12.0. The molecule has 1 saturated heterocycles. The van der Waals surface area contributed by atoms with E-state index in [1.807, 2.05) is 41.3 Å². The number of piperazine rings is 1. The quantitative estimate of drug-likeness (QED) is 0.527. The summed E-state index contributed by atoms with van der Waals surface area (Å²) in [4.78, 5) is 35.6. The number of aromatic nitrogens is 1. The number of nitrogens with zero attached hydrogens (tertiary/aromatic N) is 4. The largest absolute Gasteiger partial charge is 0.490 e. The number of hydrogen-bond acceptors (Lipinski definition) is 6. The molecule has 184 valence electrons. The standard InChI is InChI=1S/C25H36N6O3/c1-3-29(4-2)19-20-34-22-10-6-5-9-21(22)28-25(33)27-14-12-24(32)31-17-15-30(16-18-31)23-11-7-8-13-26-23/h5-11,13H,3-4,12,14-20H2,1-2H3,(H2,27,28,33). The molecule has 0 bridgehead atoms. The van der Waals surface area contributed by atoms with Crippen molar-refractivity contribution in [2.75, 3.05) is 69.2 Å². The van der Waals surface area contributed by atoms with E-state index in [9.17, 15) is 9.59 Å². The molecule has 34 heavy (non-hydrogen) atoms. The number of nitrogens with one attached hydrogen (secondary N) is 2. The Labute approximate surface area is 202 Å². The first-order valence-electron chi connectivity index (χ1n) is 12.0. The highest BCUT2D eigenvalue weighted by Gasteiger charge is 2.21. The van der Waals surface area contributed by atoms with E-state index in [2.05, 4.69) is 39.3 Å². The Morgan fingerprint density at radius 2 is 1.76 bits per heavy atom. The van der Waals surface area contributed by atoms with Crippen molar-refractivity contribution in [3.05, 3.63) is 48.7 Å². The molecule has 0 radical (unpaired) electrons. The second kappa shape index (κ2) is 13.4. The fourth-order valence-electron chi connectivity index (χ4n) is 3.85. The highest BCUT2D eigenvalue weighted by Crippen LogP contribution is 2.23. The van der Waals surface area contributed by atoms with Crippen molar-refractivity contribution >= 4 is 23.4 Å². The number of amides is 3. The normalized spacial score (nSPS) is 13.6. The van der Waals surface area contributed by atoms with Crippen LogP contribution in [0.5, 0.6) is 5.75 Å². The summed E-state index contributed by atoms with van der Waals surface area (Å²) in [5.74, 6) is 1.61. The van der Waals surface area contributed by atoms with Gasteiger partial charge in [0.2, 0.25) is 5.91 Å². The summed E-state index contributed by atoms with van der Waals surface area (Å²) in [7, 11) is 0. The Morgan fingerprint density at radius 3 is 2.47 bits per heavy atom. The van der Waals surface area contributed by atoms with Crippen LogP contribution in [-0.2, 0) is 4.79 Å². The van der Waals surface area contributed by atoms with Crippen LogP contribution in [0, 0.1) is 0 Å². The molecule has 0 saturated carbocycles. The number of hydrogen-bond donors (Lipinski definition) is 2. The Morgan fingerprint density at radius 1 is 1.03 bits per heavy atom. The molecule has 2 N–H and O–H groups in total. The first kappa shape index (κ1) is 25.3. The minimum Gasteiger partial charge on any atom is -0.490 e. The Balaban J connectivity index is 1.37. The van der Waals surface area contributed by atoms with Gasteiger partial charge in [-0.2, -0.15) is 0 Å². The molecule has 1 fully saturated rings. The summed E-state index contributed by atoms with van der Waals surface area (Å²) in [6.45, 7) is 10.6. The van der Waals surface area contributed by atoms with Crippen molar-refractivity contribution in [1.29, 1.82) is 0 Å². The third-order valence-electron chi connectivity index (χ3n) is 5.92. The molecule has 1 aromatic heterocycles. The van der Waals surface area contributed by atoms with Gasteiger partial charge < -0.3 is 30.1 Å². The maximum atomic E-state index is 12.6. The molecule has 2 heterocycles. The van der Waals surface area contributed by atoms with Gasteiger partial charge in [-0.25, -0.2) is 9.78 Å². The van der Waals surface area contributed by atoms with Gasteiger partial charge in [-0.05, 0) is 37.4 Å². The lowest BCUT2D eigenvalue weighted by molar-refractivity contribution is -0.131. The lowest BCUT2D eigenvalue weighted by Gasteiger charge is -2.35. The van der Waals surface area contributed by atoms with E-state index in [1.165, 1.54) is 0 Å². The number of anilines is 2. The topological polar surface area (TPSA) is 90.0 Å². The Kier molecular flexibility index (Phi) is 9.97. The fourth-order valence-corrected chi connectivity index (χ4v) is 3.85. The van der Waals surface area contributed by atoms with Gasteiger partial charge >= 0.3 is 6.03 Å². The van der Waals surface area contributed by atoms with Crippen molar-refractivity contribution in [1.82, 2.24) is 20.1 Å². The first-order chi connectivity index (χ1) is 16.6. The summed E-state index contributed by atoms with van der Waals surface area (Å²) in [5, 5.41) is 5.60. The van der Waals surface area contributed by atoms with E-state index in [1.54, 1.807) is 12.3 Å². The fraction of sp³-hybridized carbons (Fsp3) is 0.480. The summed E-state index contributed by atoms with van der Waals surface area (Å²) in [6, 6.07) is 12.9. The number of para-hydroxylation sites is 2. The third kappa shape index (κ3) is 7.62. The maximum Gasteiger partial charge on any atom is 0.319 e. The summed E-state index contributed by atoms with van der Waals surface area (Å²) < 4.78 is 5.88. The van der Waals surface area contributed by atoms with Crippen LogP contribution in [0.1, 0.15) is 20.3 Å². The molecule has 1 aliphatic rings. The monoisotopic (exact) mass is 468 g/mol. The predicted molar refractivity (Wildman–Crippen MR) is 134 cm³/mol. The molecular weight excluding hydrogens is 432 g/mol.